The molecule has 0 bridgehead atoms. The van der Waals surface area contributed by atoms with Crippen molar-refractivity contribution in [2.45, 2.75) is 31.8 Å². The van der Waals surface area contributed by atoms with Crippen molar-refractivity contribution < 1.29 is 0 Å². The van der Waals surface area contributed by atoms with E-state index in [2.05, 4.69) is 62.6 Å². The highest BCUT2D eigenvalue weighted by Gasteiger charge is 2.22. The van der Waals surface area contributed by atoms with Gasteiger partial charge in [0.25, 0.3) is 0 Å². The number of fused-ring (bicyclic) bond motifs is 1. The fraction of sp³-hybridized carbons (Fsp3) is 0.500. The molecule has 0 aliphatic carbocycles. The van der Waals surface area contributed by atoms with Crippen LogP contribution in [-0.2, 0) is 6.54 Å². The SMILES string of the molecule is CNCC1CCCCN1Cc1c[nH]c2ccc(Br)cc12. The molecule has 1 aliphatic rings. The molecule has 3 rings (SSSR count). The molecule has 20 heavy (non-hydrogen) atoms. The standard InChI is InChI=1S/C16H22BrN3/c1-18-10-14-4-2-3-7-20(14)11-12-9-19-16-6-5-13(17)8-15(12)16/h5-6,8-9,14,18-19H,2-4,7,10-11H2,1H3. The lowest BCUT2D eigenvalue weighted by atomic mass is 10.0. The second-order valence-corrected chi connectivity index (χ2v) is 6.60. The lowest BCUT2D eigenvalue weighted by Crippen LogP contribution is -2.44. The molecule has 3 nitrogen and oxygen atoms in total. The highest BCUT2D eigenvalue weighted by atomic mass is 79.9. The first-order valence-electron chi connectivity index (χ1n) is 7.42. The van der Waals surface area contributed by atoms with Crippen LogP contribution in [0.2, 0.25) is 0 Å². The van der Waals surface area contributed by atoms with Crippen LogP contribution in [0.25, 0.3) is 10.9 Å². The maximum atomic E-state index is 3.58. The summed E-state index contributed by atoms with van der Waals surface area (Å²) in [7, 11) is 2.05. The molecule has 108 valence electrons. The molecule has 4 heteroatoms. The molecule has 0 saturated carbocycles. The van der Waals surface area contributed by atoms with Gasteiger partial charge in [-0.15, -0.1) is 0 Å². The van der Waals surface area contributed by atoms with Gasteiger partial charge >= 0.3 is 0 Å². The quantitative estimate of drug-likeness (QED) is 0.895. The second kappa shape index (κ2) is 6.29. The predicted molar refractivity (Wildman–Crippen MR) is 88.0 cm³/mol. The van der Waals surface area contributed by atoms with Crippen molar-refractivity contribution in [3.63, 3.8) is 0 Å². The molecular formula is C16H22BrN3. The summed E-state index contributed by atoms with van der Waals surface area (Å²) in [5.74, 6) is 0. The van der Waals surface area contributed by atoms with E-state index in [-0.39, 0.29) is 0 Å². The van der Waals surface area contributed by atoms with Crippen molar-refractivity contribution in [1.29, 1.82) is 0 Å². The molecule has 2 heterocycles. The summed E-state index contributed by atoms with van der Waals surface area (Å²) in [5.41, 5.74) is 2.63. The fourth-order valence-electron chi connectivity index (χ4n) is 3.24. The number of aromatic nitrogens is 1. The van der Waals surface area contributed by atoms with Crippen molar-refractivity contribution in [2.75, 3.05) is 20.1 Å². The number of H-pyrrole nitrogens is 1. The smallest absolute Gasteiger partial charge is 0.0458 e. The van der Waals surface area contributed by atoms with Crippen molar-refractivity contribution in [3.8, 4) is 0 Å². The van der Waals surface area contributed by atoms with Crippen LogP contribution in [0.3, 0.4) is 0 Å². The maximum Gasteiger partial charge on any atom is 0.0458 e. The van der Waals surface area contributed by atoms with E-state index in [1.54, 1.807) is 0 Å². The van der Waals surface area contributed by atoms with Crippen LogP contribution in [0.1, 0.15) is 24.8 Å². The largest absolute Gasteiger partial charge is 0.361 e. The molecule has 0 spiro atoms. The number of aromatic amines is 1. The zero-order chi connectivity index (χ0) is 13.9. The number of piperidine rings is 1. The molecule has 1 unspecified atom stereocenters. The monoisotopic (exact) mass is 335 g/mol. The van der Waals surface area contributed by atoms with E-state index in [9.17, 15) is 0 Å². The minimum absolute atomic E-state index is 0.672. The summed E-state index contributed by atoms with van der Waals surface area (Å²) in [6.45, 7) is 3.35. The Labute approximate surface area is 128 Å². The number of halogens is 1. The van der Waals surface area contributed by atoms with Gasteiger partial charge in [0.05, 0.1) is 0 Å². The van der Waals surface area contributed by atoms with Gasteiger partial charge in [-0.2, -0.15) is 0 Å². The number of hydrogen-bond acceptors (Lipinski definition) is 2. The Kier molecular flexibility index (Phi) is 4.44. The normalized spacial score (nSPS) is 20.6. The van der Waals surface area contributed by atoms with Crippen LogP contribution < -0.4 is 5.32 Å². The average molecular weight is 336 g/mol. The summed E-state index contributed by atoms with van der Waals surface area (Å²) >= 11 is 3.58. The molecule has 0 radical (unpaired) electrons. The van der Waals surface area contributed by atoms with E-state index < -0.39 is 0 Å². The first-order chi connectivity index (χ1) is 9.78. The lowest BCUT2D eigenvalue weighted by molar-refractivity contribution is 0.140. The molecule has 1 atom stereocenters. The van der Waals surface area contributed by atoms with Crippen molar-refractivity contribution in [3.05, 3.63) is 34.4 Å². The summed E-state index contributed by atoms with van der Waals surface area (Å²) in [6, 6.07) is 7.13. The number of rotatable bonds is 4. The van der Waals surface area contributed by atoms with Gasteiger partial charge in [0.1, 0.15) is 0 Å². The predicted octanol–water partition coefficient (Wildman–Crippen LogP) is 3.50. The number of likely N-dealkylation sites (N-methyl/N-ethyl adjacent to an activating group) is 1. The summed E-state index contributed by atoms with van der Waals surface area (Å²) in [5, 5.41) is 4.68. The third kappa shape index (κ3) is 2.92. The molecule has 1 aromatic heterocycles. The molecule has 1 fully saturated rings. The fourth-order valence-corrected chi connectivity index (χ4v) is 3.60. The van der Waals surface area contributed by atoms with E-state index in [1.807, 2.05) is 0 Å². The van der Waals surface area contributed by atoms with Crippen molar-refractivity contribution in [1.82, 2.24) is 15.2 Å². The topological polar surface area (TPSA) is 31.1 Å². The van der Waals surface area contributed by atoms with Crippen LogP contribution in [0.4, 0.5) is 0 Å². The van der Waals surface area contributed by atoms with Crippen LogP contribution in [0.15, 0.2) is 28.9 Å². The number of likely N-dealkylation sites (tertiary alicyclic amines) is 1. The minimum atomic E-state index is 0.672. The first-order valence-corrected chi connectivity index (χ1v) is 8.21. The number of benzene rings is 1. The van der Waals surface area contributed by atoms with E-state index in [4.69, 9.17) is 0 Å². The zero-order valence-electron chi connectivity index (χ0n) is 12.0. The van der Waals surface area contributed by atoms with Gasteiger partial charge < -0.3 is 10.3 Å². The second-order valence-electron chi connectivity index (χ2n) is 5.68. The Morgan fingerprint density at radius 2 is 2.30 bits per heavy atom. The Balaban J connectivity index is 1.82. The number of nitrogens with zero attached hydrogens (tertiary/aromatic N) is 1. The summed E-state index contributed by atoms with van der Waals surface area (Å²) < 4.78 is 1.15. The summed E-state index contributed by atoms with van der Waals surface area (Å²) in [6.07, 6.45) is 6.17. The minimum Gasteiger partial charge on any atom is -0.361 e. The van der Waals surface area contributed by atoms with Crippen molar-refractivity contribution in [2.24, 2.45) is 0 Å². The number of hydrogen-bond donors (Lipinski definition) is 2. The Morgan fingerprint density at radius 3 is 3.15 bits per heavy atom. The third-order valence-electron chi connectivity index (χ3n) is 4.29. The van der Waals surface area contributed by atoms with Crippen LogP contribution >= 0.6 is 15.9 Å². The van der Waals surface area contributed by atoms with E-state index in [0.717, 1.165) is 17.6 Å². The van der Waals surface area contributed by atoms with Crippen LogP contribution in [-0.4, -0.2) is 36.1 Å². The van der Waals surface area contributed by atoms with E-state index >= 15 is 0 Å². The Hall–Kier alpha value is -0.840. The van der Waals surface area contributed by atoms with Gasteiger partial charge in [-0.05, 0) is 50.2 Å². The van der Waals surface area contributed by atoms with Gasteiger partial charge in [0.2, 0.25) is 0 Å². The third-order valence-corrected chi connectivity index (χ3v) is 4.78. The molecule has 1 aromatic carbocycles. The Bertz CT molecular complexity index is 576. The van der Waals surface area contributed by atoms with Gasteiger partial charge in [0, 0.05) is 40.7 Å². The van der Waals surface area contributed by atoms with Gasteiger partial charge in [-0.1, -0.05) is 22.4 Å². The van der Waals surface area contributed by atoms with Crippen LogP contribution in [0, 0.1) is 0 Å². The van der Waals surface area contributed by atoms with Gasteiger partial charge in [0.15, 0.2) is 0 Å². The molecule has 0 amide bonds. The maximum absolute atomic E-state index is 3.58. The molecule has 1 aliphatic heterocycles. The zero-order valence-corrected chi connectivity index (χ0v) is 13.5. The Morgan fingerprint density at radius 1 is 1.40 bits per heavy atom. The van der Waals surface area contributed by atoms with Crippen molar-refractivity contribution >= 4 is 26.8 Å². The van der Waals surface area contributed by atoms with Gasteiger partial charge in [-0.25, -0.2) is 0 Å². The van der Waals surface area contributed by atoms with E-state index in [1.165, 1.54) is 42.3 Å². The molecule has 2 N–H and O–H groups in total. The molecular weight excluding hydrogens is 314 g/mol. The lowest BCUT2D eigenvalue weighted by Gasteiger charge is -2.35. The van der Waals surface area contributed by atoms with Crippen LogP contribution in [0.5, 0.6) is 0 Å². The van der Waals surface area contributed by atoms with E-state index in [0.29, 0.717) is 6.04 Å². The summed E-state index contributed by atoms with van der Waals surface area (Å²) in [4.78, 5) is 6.02. The van der Waals surface area contributed by atoms with Gasteiger partial charge in [-0.3, -0.25) is 4.90 Å². The average Bonchev–Trinajstić information content (AvgIpc) is 2.84. The first kappa shape index (κ1) is 14.1. The number of nitrogens with one attached hydrogen (secondary N) is 2. The molecule has 1 saturated heterocycles. The molecule has 2 aromatic rings. The highest BCUT2D eigenvalue weighted by molar-refractivity contribution is 9.10. The highest BCUT2D eigenvalue weighted by Crippen LogP contribution is 2.26.